The van der Waals surface area contributed by atoms with E-state index >= 15 is 0 Å². The van der Waals surface area contributed by atoms with E-state index in [1.807, 2.05) is 48.6 Å². The van der Waals surface area contributed by atoms with Crippen LogP contribution < -0.4 is 19.1 Å². The van der Waals surface area contributed by atoms with Crippen molar-refractivity contribution in [1.82, 2.24) is 4.57 Å². The van der Waals surface area contributed by atoms with E-state index in [-0.39, 0.29) is 5.41 Å². The lowest BCUT2D eigenvalue weighted by Crippen LogP contribution is -2.27. The third kappa shape index (κ3) is 11.2. The number of para-hydroxylation sites is 2. The number of rotatable bonds is 25. The highest BCUT2D eigenvalue weighted by Gasteiger charge is 2.44. The minimum Gasteiger partial charge on any atom is -0.494 e. The smallest absolute Gasteiger partial charge is 0.120 e. The normalized spacial score (nSPS) is 13.4. The summed E-state index contributed by atoms with van der Waals surface area (Å²) >= 11 is 0. The fourth-order valence-corrected chi connectivity index (χ4v) is 12.3. The number of anilines is 3. The average Bonchev–Trinajstić information content (AvgIpc) is 3.43. The molecule has 0 fully saturated rings. The summed E-state index contributed by atoms with van der Waals surface area (Å²) in [5, 5.41) is 2.36. The number of nitrogens with zero attached hydrogens (tertiary/aromatic N) is 2. The molecule has 0 radical (unpaired) electrons. The van der Waals surface area contributed by atoms with E-state index in [1.165, 1.54) is 38.6 Å². The van der Waals surface area contributed by atoms with Gasteiger partial charge in [0.15, 0.2) is 0 Å². The van der Waals surface area contributed by atoms with Gasteiger partial charge in [-0.2, -0.15) is 0 Å². The van der Waals surface area contributed by atoms with Gasteiger partial charge in [0.05, 0.1) is 30.9 Å². The Kier molecular flexibility index (Phi) is 16.3. The van der Waals surface area contributed by atoms with Crippen molar-refractivity contribution >= 4 is 51.0 Å². The molecule has 0 saturated carbocycles. The topological polar surface area (TPSA) is 35.9 Å². The molecule has 12 rings (SSSR count). The number of hydrogen-bond donors (Lipinski definition) is 0. The summed E-state index contributed by atoms with van der Waals surface area (Å²) in [6.07, 6.45) is 13.2. The molecule has 0 amide bonds. The number of benzene rings is 10. The van der Waals surface area contributed by atoms with Crippen molar-refractivity contribution in [2.75, 3.05) is 24.7 Å². The predicted octanol–water partition coefficient (Wildman–Crippen LogP) is 20.6. The van der Waals surface area contributed by atoms with Crippen LogP contribution in [-0.4, -0.2) is 24.4 Å². The zero-order chi connectivity index (χ0) is 55.5. The van der Waals surface area contributed by atoms with Gasteiger partial charge in [0.2, 0.25) is 0 Å². The van der Waals surface area contributed by atoms with E-state index < -0.39 is 0 Å². The first-order valence-electron chi connectivity index (χ1n) is 29.3. The monoisotopic (exact) mass is 1070 g/mol. The molecule has 1 unspecified atom stereocenters. The van der Waals surface area contributed by atoms with Crippen LogP contribution in [0.5, 0.6) is 17.2 Å². The summed E-state index contributed by atoms with van der Waals surface area (Å²) in [7, 11) is 0. The summed E-state index contributed by atoms with van der Waals surface area (Å²) in [6.45, 7) is 9.81. The molecule has 1 aliphatic rings. The van der Waals surface area contributed by atoms with Crippen LogP contribution in [0.1, 0.15) is 85.6 Å². The maximum Gasteiger partial charge on any atom is 0.120 e. The van der Waals surface area contributed by atoms with E-state index in [2.05, 4.69) is 229 Å². The van der Waals surface area contributed by atoms with Crippen LogP contribution in [0.3, 0.4) is 0 Å². The van der Waals surface area contributed by atoms with Gasteiger partial charge in [-0.3, -0.25) is 0 Å². The highest BCUT2D eigenvalue weighted by molar-refractivity contribution is 6.11. The van der Waals surface area contributed by atoms with Gasteiger partial charge in [-0.15, -0.1) is 0 Å². The maximum atomic E-state index is 6.47. The molecule has 1 heterocycles. The molecule has 1 atom stereocenters. The Morgan fingerprint density at radius 2 is 0.866 bits per heavy atom. The highest BCUT2D eigenvalue weighted by Crippen LogP contribution is 2.56. The van der Waals surface area contributed by atoms with Crippen molar-refractivity contribution in [3.05, 3.63) is 284 Å². The van der Waals surface area contributed by atoms with Crippen molar-refractivity contribution in [2.24, 2.45) is 0 Å². The number of unbranched alkanes of at least 4 members (excludes halogenated alkanes) is 6. The second-order valence-corrected chi connectivity index (χ2v) is 21.5. The fourth-order valence-electron chi connectivity index (χ4n) is 12.3. The standard InChI is InChI=1S/C77H70N2O3/c1-3-57-32-42-66(43-33-57)80-51-21-6-5-20-50-77(61-24-12-9-13-25-61)73-31-19-18-30-69(73)70-47-41-65(55-74(70)77)78(62-26-14-10-15-27-62)64-39-36-59(37-40-64)60-38-48-75-71(54-60)72-56-68(46-49-76(72)79(75)63-28-16-11-17-29-63)82-53-23-8-7-22-52-81-67-44-34-58(4-2)35-45-67/h3-4,9-19,24-49,54-56H,1-2,5-8,20-23,50-53H2. The number of fused-ring (bicyclic) bond motifs is 6. The fraction of sp³-hybridized carbons (Fsp3) is 0.169. The second-order valence-electron chi connectivity index (χ2n) is 21.5. The van der Waals surface area contributed by atoms with Gasteiger partial charge in [0, 0.05) is 38.9 Å². The zero-order valence-corrected chi connectivity index (χ0v) is 46.8. The Balaban J connectivity index is 0.803. The molecule has 5 nitrogen and oxygen atoms in total. The van der Waals surface area contributed by atoms with E-state index in [0.717, 1.165) is 131 Å². The van der Waals surface area contributed by atoms with Crippen molar-refractivity contribution < 1.29 is 14.2 Å². The molecule has 11 aromatic rings. The molecule has 5 heteroatoms. The first-order chi connectivity index (χ1) is 40.6. The largest absolute Gasteiger partial charge is 0.494 e. The summed E-state index contributed by atoms with van der Waals surface area (Å²) in [4.78, 5) is 2.42. The molecule has 0 bridgehead atoms. The van der Waals surface area contributed by atoms with Gasteiger partial charge < -0.3 is 23.7 Å². The lowest BCUT2D eigenvalue weighted by Gasteiger charge is -2.34. The summed E-state index contributed by atoms with van der Waals surface area (Å²) < 4.78 is 20.9. The number of ether oxygens (including phenoxy) is 3. The molecular weight excluding hydrogens is 1000 g/mol. The zero-order valence-electron chi connectivity index (χ0n) is 46.8. The van der Waals surface area contributed by atoms with Gasteiger partial charge >= 0.3 is 0 Å². The molecule has 82 heavy (non-hydrogen) atoms. The Morgan fingerprint density at radius 3 is 1.50 bits per heavy atom. The Morgan fingerprint density at radius 1 is 0.378 bits per heavy atom. The molecule has 0 spiro atoms. The van der Waals surface area contributed by atoms with Gasteiger partial charge in [0.25, 0.3) is 0 Å². The van der Waals surface area contributed by atoms with Crippen LogP contribution in [0, 0.1) is 0 Å². The summed E-state index contributed by atoms with van der Waals surface area (Å²) in [5.74, 6) is 2.71. The molecule has 0 saturated heterocycles. The van der Waals surface area contributed by atoms with Crippen molar-refractivity contribution in [3.8, 4) is 45.2 Å². The minimum atomic E-state index is -0.315. The molecule has 1 aliphatic carbocycles. The van der Waals surface area contributed by atoms with Gasteiger partial charge in [0.1, 0.15) is 17.2 Å². The van der Waals surface area contributed by atoms with Crippen LogP contribution in [-0.2, 0) is 5.41 Å². The van der Waals surface area contributed by atoms with Gasteiger partial charge in [-0.05, 0) is 192 Å². The van der Waals surface area contributed by atoms with Crippen LogP contribution >= 0.6 is 0 Å². The van der Waals surface area contributed by atoms with Gasteiger partial charge in [-0.25, -0.2) is 0 Å². The van der Waals surface area contributed by atoms with Crippen LogP contribution in [0.15, 0.2) is 256 Å². The van der Waals surface area contributed by atoms with E-state index in [1.54, 1.807) is 0 Å². The first-order valence-corrected chi connectivity index (χ1v) is 29.3. The second kappa shape index (κ2) is 25.0. The highest BCUT2D eigenvalue weighted by atomic mass is 16.5. The third-order valence-corrected chi connectivity index (χ3v) is 16.4. The van der Waals surface area contributed by atoms with E-state index in [0.29, 0.717) is 19.8 Å². The third-order valence-electron chi connectivity index (χ3n) is 16.4. The molecule has 0 N–H and O–H groups in total. The Bertz CT molecular complexity index is 3920. The summed E-state index contributed by atoms with van der Waals surface area (Å²) in [5.41, 5.74) is 17.7. The van der Waals surface area contributed by atoms with Crippen molar-refractivity contribution in [3.63, 3.8) is 0 Å². The average molecular weight is 1070 g/mol. The van der Waals surface area contributed by atoms with E-state index in [4.69, 9.17) is 14.2 Å². The number of aromatic nitrogens is 1. The number of hydrogen-bond acceptors (Lipinski definition) is 4. The molecule has 406 valence electrons. The minimum absolute atomic E-state index is 0.315. The lowest BCUT2D eigenvalue weighted by molar-refractivity contribution is 0.288. The van der Waals surface area contributed by atoms with Crippen LogP contribution in [0.4, 0.5) is 17.1 Å². The molecule has 0 aliphatic heterocycles. The first kappa shape index (κ1) is 53.3. The van der Waals surface area contributed by atoms with E-state index in [9.17, 15) is 0 Å². The Hall–Kier alpha value is -9.32. The quantitative estimate of drug-likeness (QED) is 0.0535. The predicted molar refractivity (Wildman–Crippen MR) is 344 cm³/mol. The van der Waals surface area contributed by atoms with Gasteiger partial charge in [-0.1, -0.05) is 184 Å². The molecule has 10 aromatic carbocycles. The van der Waals surface area contributed by atoms with Crippen LogP contribution in [0.25, 0.3) is 61.9 Å². The SMILES string of the molecule is C=Cc1ccc(OCCCCCCOc2ccc3c(c2)c2cc(-c4ccc(N(c5ccccc5)c5ccc6c(c5)C(CCCCCCOc5ccc(C=C)cc5)(c5ccccc5)c5ccccc5-6)cc4)ccc2n3-c2ccccc2)cc1. The van der Waals surface area contributed by atoms with Crippen molar-refractivity contribution in [1.29, 1.82) is 0 Å². The lowest BCUT2D eigenvalue weighted by atomic mass is 9.69. The van der Waals surface area contributed by atoms with Crippen LogP contribution in [0.2, 0.25) is 0 Å². The van der Waals surface area contributed by atoms with Crippen molar-refractivity contribution in [2.45, 2.75) is 63.2 Å². The summed E-state index contributed by atoms with van der Waals surface area (Å²) in [6, 6.07) is 87.9. The Labute approximate surface area is 484 Å². The molecular formula is C77H70N2O3. The molecule has 1 aromatic heterocycles. The maximum absolute atomic E-state index is 6.47.